The van der Waals surface area contributed by atoms with E-state index in [0.717, 1.165) is 11.8 Å². The van der Waals surface area contributed by atoms with Crippen molar-refractivity contribution in [3.8, 4) is 0 Å². The Balaban J connectivity index is 2.05. The number of halogens is 1. The Kier molecular flexibility index (Phi) is 3.54. The van der Waals surface area contributed by atoms with Crippen LogP contribution >= 0.6 is 23.4 Å². The summed E-state index contributed by atoms with van der Waals surface area (Å²) in [5.74, 6) is 0.209. The number of thioether (sulfide) groups is 1. The fourth-order valence-corrected chi connectivity index (χ4v) is 2.38. The monoisotopic (exact) mass is 271 g/mol. The predicted octanol–water partition coefficient (Wildman–Crippen LogP) is 1.81. The quantitative estimate of drug-likeness (QED) is 0.805. The van der Waals surface area contributed by atoms with E-state index in [0.29, 0.717) is 22.3 Å². The molecule has 1 aromatic rings. The third-order valence-corrected chi connectivity index (χ3v) is 3.39. The van der Waals surface area contributed by atoms with Gasteiger partial charge in [0.2, 0.25) is 5.91 Å². The van der Waals surface area contributed by atoms with Crippen LogP contribution in [0.2, 0.25) is 5.15 Å². The van der Waals surface area contributed by atoms with E-state index in [1.54, 1.807) is 19.1 Å². The first-order chi connectivity index (χ1) is 8.06. The molecule has 1 atom stereocenters. The van der Waals surface area contributed by atoms with E-state index in [4.69, 9.17) is 11.6 Å². The lowest BCUT2D eigenvalue weighted by Crippen LogP contribution is -2.38. The fourth-order valence-electron chi connectivity index (χ4n) is 1.41. The molecule has 1 aromatic heterocycles. The number of pyridine rings is 1. The fraction of sp³-hybridized carbons (Fsp3) is 0.300. The Bertz CT molecular complexity index is 481. The topological polar surface area (TPSA) is 71.1 Å². The maximum Gasteiger partial charge on any atom is 0.279 e. The van der Waals surface area contributed by atoms with Crippen LogP contribution in [0.5, 0.6) is 0 Å². The third kappa shape index (κ3) is 2.89. The molecule has 5 nitrogen and oxygen atoms in total. The van der Waals surface area contributed by atoms with Gasteiger partial charge in [-0.15, -0.1) is 0 Å². The number of carbonyl (C=O) groups is 2. The zero-order chi connectivity index (χ0) is 12.4. The van der Waals surface area contributed by atoms with Crippen LogP contribution in [0.3, 0.4) is 0 Å². The molecule has 0 radical (unpaired) electrons. The molecule has 7 heteroatoms. The summed E-state index contributed by atoms with van der Waals surface area (Å²) in [6, 6.07) is 2.81. The Morgan fingerprint density at radius 2 is 2.41 bits per heavy atom. The average Bonchev–Trinajstić information content (AvgIpc) is 2.69. The number of aromatic nitrogens is 1. The predicted molar refractivity (Wildman–Crippen MR) is 67.4 cm³/mol. The van der Waals surface area contributed by atoms with Gasteiger partial charge in [-0.1, -0.05) is 23.4 Å². The van der Waals surface area contributed by atoms with Gasteiger partial charge in [0.15, 0.2) is 0 Å². The molecular formula is C10H10ClN3O2S. The highest BCUT2D eigenvalue weighted by molar-refractivity contribution is 8.14. The normalized spacial score (nSPS) is 18.9. The Morgan fingerprint density at radius 1 is 1.65 bits per heavy atom. The molecule has 0 saturated carbocycles. The van der Waals surface area contributed by atoms with E-state index < -0.39 is 6.04 Å². The molecule has 1 aliphatic heterocycles. The minimum atomic E-state index is -0.484. The highest BCUT2D eigenvalue weighted by Crippen LogP contribution is 2.18. The van der Waals surface area contributed by atoms with Crippen LogP contribution in [-0.4, -0.2) is 27.9 Å². The summed E-state index contributed by atoms with van der Waals surface area (Å²) in [6.45, 7) is 1.75. The van der Waals surface area contributed by atoms with Crippen LogP contribution in [0.25, 0.3) is 0 Å². The first-order valence-corrected chi connectivity index (χ1v) is 6.30. The lowest BCUT2D eigenvalue weighted by molar-refractivity contribution is -0.117. The molecular weight excluding hydrogens is 262 g/mol. The van der Waals surface area contributed by atoms with Crippen molar-refractivity contribution >= 4 is 40.2 Å². The number of amides is 2. The minimum absolute atomic E-state index is 0.170. The average molecular weight is 272 g/mol. The second-order valence-electron chi connectivity index (χ2n) is 3.55. The summed E-state index contributed by atoms with van der Waals surface area (Å²) in [5, 5.41) is 5.49. The molecule has 17 heavy (non-hydrogen) atoms. The molecule has 0 bridgehead atoms. The van der Waals surface area contributed by atoms with Crippen LogP contribution in [-0.2, 0) is 4.79 Å². The van der Waals surface area contributed by atoms with Gasteiger partial charge in [0.05, 0.1) is 11.4 Å². The highest BCUT2D eigenvalue weighted by Gasteiger charge is 2.28. The van der Waals surface area contributed by atoms with Crippen LogP contribution in [0.15, 0.2) is 12.1 Å². The molecule has 1 fully saturated rings. The number of nitrogens with zero attached hydrogens (tertiary/aromatic N) is 1. The molecule has 0 spiro atoms. The standard InChI is InChI=1S/C10H10ClN3O2S/c1-5-6(2-3-8(11)12-5)13-9(15)7-4-17-10(16)14-7/h2-3,7H,4H2,1H3,(H,13,15)(H,14,16). The SMILES string of the molecule is Cc1nc(Cl)ccc1NC(=O)C1CSC(=O)N1. The number of hydrogen-bond acceptors (Lipinski definition) is 4. The van der Waals surface area contributed by atoms with Gasteiger partial charge < -0.3 is 10.6 Å². The Labute approximate surface area is 107 Å². The van der Waals surface area contributed by atoms with Crippen LogP contribution in [0, 0.1) is 6.92 Å². The summed E-state index contributed by atoms with van der Waals surface area (Å²) in [4.78, 5) is 26.8. The Hall–Kier alpha value is -1.27. The van der Waals surface area contributed by atoms with Gasteiger partial charge in [-0.05, 0) is 19.1 Å². The first-order valence-electron chi connectivity index (χ1n) is 4.93. The van der Waals surface area contributed by atoms with Crippen LogP contribution in [0.4, 0.5) is 10.5 Å². The minimum Gasteiger partial charge on any atom is -0.334 e. The van der Waals surface area contributed by atoms with Gasteiger partial charge in [-0.3, -0.25) is 9.59 Å². The van der Waals surface area contributed by atoms with Gasteiger partial charge in [0, 0.05) is 5.75 Å². The molecule has 0 aromatic carbocycles. The second kappa shape index (κ2) is 4.93. The van der Waals surface area contributed by atoms with E-state index >= 15 is 0 Å². The number of nitrogens with one attached hydrogen (secondary N) is 2. The molecule has 1 saturated heterocycles. The summed E-state index contributed by atoms with van der Waals surface area (Å²) in [7, 11) is 0. The van der Waals surface area contributed by atoms with E-state index in [2.05, 4.69) is 15.6 Å². The number of aryl methyl sites for hydroxylation is 1. The molecule has 2 rings (SSSR count). The van der Waals surface area contributed by atoms with E-state index in [1.807, 2.05) is 0 Å². The maximum atomic E-state index is 11.8. The molecule has 1 unspecified atom stereocenters. The first kappa shape index (κ1) is 12.2. The van der Waals surface area contributed by atoms with E-state index in [-0.39, 0.29) is 11.1 Å². The molecule has 0 aliphatic carbocycles. The number of carbonyl (C=O) groups excluding carboxylic acids is 2. The smallest absolute Gasteiger partial charge is 0.279 e. The van der Waals surface area contributed by atoms with Crippen molar-refractivity contribution in [3.63, 3.8) is 0 Å². The number of hydrogen-bond donors (Lipinski definition) is 2. The van der Waals surface area contributed by atoms with Crippen LogP contribution in [0.1, 0.15) is 5.69 Å². The highest BCUT2D eigenvalue weighted by atomic mass is 35.5. The summed E-state index contributed by atoms with van der Waals surface area (Å²) >= 11 is 6.82. The van der Waals surface area contributed by atoms with E-state index in [9.17, 15) is 9.59 Å². The molecule has 90 valence electrons. The molecule has 2 amide bonds. The summed E-state index contributed by atoms with van der Waals surface area (Å²) in [6.07, 6.45) is 0. The van der Waals surface area contributed by atoms with Crippen LogP contribution < -0.4 is 10.6 Å². The number of rotatable bonds is 2. The van der Waals surface area contributed by atoms with Crippen molar-refractivity contribution in [1.82, 2.24) is 10.3 Å². The summed E-state index contributed by atoms with van der Waals surface area (Å²) < 4.78 is 0. The molecule has 2 heterocycles. The Morgan fingerprint density at radius 3 is 3.00 bits per heavy atom. The summed E-state index contributed by atoms with van der Waals surface area (Å²) in [5.41, 5.74) is 1.24. The molecule has 2 N–H and O–H groups in total. The lowest BCUT2D eigenvalue weighted by Gasteiger charge is -2.11. The zero-order valence-electron chi connectivity index (χ0n) is 8.99. The molecule has 1 aliphatic rings. The maximum absolute atomic E-state index is 11.8. The van der Waals surface area contributed by atoms with Gasteiger partial charge >= 0.3 is 0 Å². The van der Waals surface area contributed by atoms with Gasteiger partial charge in [0.1, 0.15) is 11.2 Å². The lowest BCUT2D eigenvalue weighted by atomic mass is 10.2. The third-order valence-electron chi connectivity index (χ3n) is 2.30. The van der Waals surface area contributed by atoms with Crippen molar-refractivity contribution in [1.29, 1.82) is 0 Å². The van der Waals surface area contributed by atoms with Crippen molar-refractivity contribution < 1.29 is 9.59 Å². The van der Waals surface area contributed by atoms with Crippen molar-refractivity contribution in [2.75, 3.05) is 11.1 Å². The number of anilines is 1. The van der Waals surface area contributed by atoms with Gasteiger partial charge in [0.25, 0.3) is 5.24 Å². The second-order valence-corrected chi connectivity index (χ2v) is 4.93. The van der Waals surface area contributed by atoms with Crippen molar-refractivity contribution in [3.05, 3.63) is 23.0 Å². The van der Waals surface area contributed by atoms with Gasteiger partial charge in [-0.25, -0.2) is 4.98 Å². The van der Waals surface area contributed by atoms with Crippen molar-refractivity contribution in [2.45, 2.75) is 13.0 Å². The zero-order valence-corrected chi connectivity index (χ0v) is 10.6. The van der Waals surface area contributed by atoms with Crippen molar-refractivity contribution in [2.24, 2.45) is 0 Å². The largest absolute Gasteiger partial charge is 0.334 e. The van der Waals surface area contributed by atoms with E-state index in [1.165, 1.54) is 0 Å². The van der Waals surface area contributed by atoms with Gasteiger partial charge in [-0.2, -0.15) is 0 Å².